The van der Waals surface area contributed by atoms with Crippen molar-refractivity contribution in [2.75, 3.05) is 17.7 Å². The third-order valence-corrected chi connectivity index (χ3v) is 7.41. The van der Waals surface area contributed by atoms with Gasteiger partial charge in [-0.3, -0.25) is 14.0 Å². The lowest BCUT2D eigenvalue weighted by Crippen LogP contribution is -2.38. The van der Waals surface area contributed by atoms with E-state index < -0.39 is 29.0 Å². The molecule has 0 atom stereocenters. The van der Waals surface area contributed by atoms with Crippen LogP contribution in [0.15, 0.2) is 61.1 Å². The molecule has 0 unspecified atom stereocenters. The predicted octanol–water partition coefficient (Wildman–Crippen LogP) is 5.89. The highest BCUT2D eigenvalue weighted by Gasteiger charge is 2.45. The summed E-state index contributed by atoms with van der Waals surface area (Å²) in [5.74, 6) is -0.578. The fourth-order valence-electron chi connectivity index (χ4n) is 5.55. The van der Waals surface area contributed by atoms with Crippen LogP contribution in [0.5, 0.6) is 5.75 Å². The van der Waals surface area contributed by atoms with Gasteiger partial charge in [-0.1, -0.05) is 12.2 Å². The Morgan fingerprint density at radius 2 is 1.95 bits per heavy atom. The van der Waals surface area contributed by atoms with E-state index in [2.05, 4.69) is 21.9 Å². The smallest absolute Gasteiger partial charge is 0.416 e. The number of rotatable bonds is 10. The number of fused-ring (bicyclic) bond motifs is 1. The number of nitrogens with one attached hydrogen (secondary N) is 1. The number of amides is 1. The van der Waals surface area contributed by atoms with Gasteiger partial charge in [0.05, 0.1) is 12.2 Å². The van der Waals surface area contributed by atoms with Gasteiger partial charge in [-0.2, -0.15) is 13.2 Å². The second-order valence-electron chi connectivity index (χ2n) is 10.5. The number of anilines is 2. The zero-order valence-electron chi connectivity index (χ0n) is 23.2. The highest BCUT2D eigenvalue weighted by molar-refractivity contribution is 6.04. The Balaban J connectivity index is 1.54. The lowest BCUT2D eigenvalue weighted by molar-refractivity contribution is -0.138. The molecule has 1 saturated carbocycles. The number of nitrogens with zero attached hydrogens (tertiary/aromatic N) is 4. The van der Waals surface area contributed by atoms with Crippen LogP contribution in [0.2, 0.25) is 0 Å². The molecule has 4 N–H and O–H groups in total. The second kappa shape index (κ2) is 11.4. The molecule has 10 nitrogen and oxygen atoms in total. The molecule has 1 fully saturated rings. The summed E-state index contributed by atoms with van der Waals surface area (Å²) in [7, 11) is 0. The molecule has 0 spiro atoms. The number of hydrogen-bond acceptors (Lipinski definition) is 7. The van der Waals surface area contributed by atoms with Gasteiger partial charge in [0, 0.05) is 41.6 Å². The maximum atomic E-state index is 13.1. The number of carboxylic acid groups (broad SMARTS) is 1. The number of allylic oxidation sites excluding steroid dienone is 1. The summed E-state index contributed by atoms with van der Waals surface area (Å²) < 4.78 is 47.1. The summed E-state index contributed by atoms with van der Waals surface area (Å²) in [6.45, 7) is 6.11. The first-order chi connectivity index (χ1) is 20.4. The van der Waals surface area contributed by atoms with Crippen LogP contribution in [0.4, 0.5) is 24.8 Å². The molecule has 0 aliphatic heterocycles. The number of aliphatic carboxylic acids is 1. The van der Waals surface area contributed by atoms with Gasteiger partial charge >= 0.3 is 12.1 Å². The Hall–Kier alpha value is -4.94. The van der Waals surface area contributed by atoms with Gasteiger partial charge in [-0.05, 0) is 62.9 Å². The lowest BCUT2D eigenvalue weighted by atomic mass is 9.62. The van der Waals surface area contributed by atoms with Gasteiger partial charge < -0.3 is 20.9 Å². The molecule has 0 radical (unpaired) electrons. The number of hydrogen-bond donors (Lipinski definition) is 3. The number of benzene rings is 1. The zero-order chi connectivity index (χ0) is 30.9. The van der Waals surface area contributed by atoms with Crippen LogP contribution in [-0.4, -0.2) is 42.9 Å². The number of pyridine rings is 1. The van der Waals surface area contributed by atoms with Crippen molar-refractivity contribution in [3.63, 3.8) is 0 Å². The normalized spacial score (nSPS) is 14.4. The number of aromatic nitrogens is 4. The molecule has 4 aromatic rings. The van der Waals surface area contributed by atoms with Crippen molar-refractivity contribution < 1.29 is 32.6 Å². The summed E-state index contributed by atoms with van der Waals surface area (Å²) in [5, 5.41) is 11.6. The van der Waals surface area contributed by atoms with Crippen molar-refractivity contribution in [3.05, 3.63) is 78.0 Å². The first kappa shape index (κ1) is 29.5. The summed E-state index contributed by atoms with van der Waals surface area (Å²) in [6.07, 6.45) is 2.07. The van der Waals surface area contributed by atoms with Gasteiger partial charge in [0.1, 0.15) is 34.4 Å². The standard InChI is InChI=1S/C30H29F3N6O4/c1-3-43-21-13-18(27(42)37-22-14-19(8-10-35-22)30(31,32)33)6-7-20(21)24-25-26(34)36-11-12-39(25)28(38-24)29(15-17(2)16-29)9-4-5-23(40)41/h6-8,10-14H,2-5,9,15-16H2,1H3,(H2,34,36)(H,40,41)(H,35,37,42). The fourth-order valence-corrected chi connectivity index (χ4v) is 5.55. The van der Waals surface area contributed by atoms with Gasteiger partial charge in [0.25, 0.3) is 5.91 Å². The zero-order valence-corrected chi connectivity index (χ0v) is 23.2. The topological polar surface area (TPSA) is 145 Å². The van der Waals surface area contributed by atoms with Crippen molar-refractivity contribution in [2.45, 2.75) is 50.6 Å². The van der Waals surface area contributed by atoms with Crippen molar-refractivity contribution in [1.29, 1.82) is 0 Å². The van der Waals surface area contributed by atoms with Crippen LogP contribution in [0, 0.1) is 0 Å². The molecule has 1 aliphatic carbocycles. The van der Waals surface area contributed by atoms with Gasteiger partial charge in [0.15, 0.2) is 0 Å². The SMILES string of the molecule is C=C1CC(CCCC(=O)O)(c2nc(-c3ccc(C(=O)Nc4cc(C(F)(F)F)ccn4)cc3OCC)c3c(N)nccn23)C1. The predicted molar refractivity (Wildman–Crippen MR) is 153 cm³/mol. The van der Waals surface area contributed by atoms with E-state index in [1.54, 1.807) is 25.4 Å². The summed E-state index contributed by atoms with van der Waals surface area (Å²) in [6, 6.07) is 6.19. The molecule has 0 saturated heterocycles. The molecule has 224 valence electrons. The average molecular weight is 595 g/mol. The second-order valence-corrected chi connectivity index (χ2v) is 10.5. The van der Waals surface area contributed by atoms with E-state index in [0.717, 1.165) is 23.9 Å². The van der Waals surface area contributed by atoms with Crippen molar-refractivity contribution in [2.24, 2.45) is 0 Å². The molecular weight excluding hydrogens is 565 g/mol. The average Bonchev–Trinajstić information content (AvgIpc) is 3.32. The van der Waals surface area contributed by atoms with Crippen LogP contribution < -0.4 is 15.8 Å². The van der Waals surface area contributed by atoms with E-state index in [0.29, 0.717) is 54.0 Å². The molecule has 5 rings (SSSR count). The number of imidazole rings is 1. The fraction of sp³-hybridized carbons (Fsp3) is 0.300. The number of ether oxygens (including phenoxy) is 1. The van der Waals surface area contributed by atoms with Crippen LogP contribution in [-0.2, 0) is 16.4 Å². The summed E-state index contributed by atoms with van der Waals surface area (Å²) >= 11 is 0. The number of alkyl halides is 3. The minimum atomic E-state index is -4.59. The van der Waals surface area contributed by atoms with Gasteiger partial charge in [-0.15, -0.1) is 0 Å². The third kappa shape index (κ3) is 5.87. The molecule has 13 heteroatoms. The van der Waals surface area contributed by atoms with E-state index in [1.165, 1.54) is 12.1 Å². The molecule has 43 heavy (non-hydrogen) atoms. The van der Waals surface area contributed by atoms with E-state index >= 15 is 0 Å². The van der Waals surface area contributed by atoms with Gasteiger partial charge in [-0.25, -0.2) is 15.0 Å². The Kier molecular flexibility index (Phi) is 7.82. The van der Waals surface area contributed by atoms with Crippen LogP contribution in [0.3, 0.4) is 0 Å². The molecule has 1 aromatic carbocycles. The van der Waals surface area contributed by atoms with Crippen molar-refractivity contribution in [1.82, 2.24) is 19.4 Å². The first-order valence-electron chi connectivity index (χ1n) is 13.5. The number of halogens is 3. The maximum Gasteiger partial charge on any atom is 0.416 e. The van der Waals surface area contributed by atoms with E-state index in [1.807, 2.05) is 4.40 Å². The number of carbonyl (C=O) groups excluding carboxylic acids is 1. The number of nitrogen functional groups attached to an aromatic ring is 1. The largest absolute Gasteiger partial charge is 0.493 e. The quantitative estimate of drug-likeness (QED) is 0.193. The van der Waals surface area contributed by atoms with Crippen molar-refractivity contribution in [3.8, 4) is 17.0 Å². The van der Waals surface area contributed by atoms with Crippen molar-refractivity contribution >= 4 is 29.0 Å². The van der Waals surface area contributed by atoms with Crippen LogP contribution >= 0.6 is 0 Å². The van der Waals surface area contributed by atoms with Crippen LogP contribution in [0.25, 0.3) is 16.8 Å². The first-order valence-corrected chi connectivity index (χ1v) is 13.5. The molecule has 0 bridgehead atoms. The minimum absolute atomic E-state index is 0.0299. The number of carbonyl (C=O) groups is 2. The molecule has 1 amide bonds. The van der Waals surface area contributed by atoms with Gasteiger partial charge in [0.2, 0.25) is 0 Å². The number of carboxylic acids is 1. The molecular formula is C30H29F3N6O4. The Morgan fingerprint density at radius 1 is 1.19 bits per heavy atom. The Bertz CT molecular complexity index is 1720. The lowest BCUT2D eigenvalue weighted by Gasteiger charge is -2.42. The number of nitrogens with two attached hydrogens (primary N) is 1. The van der Waals surface area contributed by atoms with E-state index in [9.17, 15) is 27.9 Å². The summed E-state index contributed by atoms with van der Waals surface area (Å²) in [4.78, 5) is 37.3. The monoisotopic (exact) mass is 594 g/mol. The van der Waals surface area contributed by atoms with Crippen LogP contribution in [0.1, 0.15) is 60.8 Å². The summed E-state index contributed by atoms with van der Waals surface area (Å²) in [5.41, 5.74) is 7.65. The molecule has 3 aromatic heterocycles. The molecule has 3 heterocycles. The third-order valence-electron chi connectivity index (χ3n) is 7.41. The van der Waals surface area contributed by atoms with E-state index in [4.69, 9.17) is 15.5 Å². The maximum absolute atomic E-state index is 13.1. The van der Waals surface area contributed by atoms with E-state index in [-0.39, 0.29) is 30.2 Å². The highest BCUT2D eigenvalue weighted by atomic mass is 19.4. The minimum Gasteiger partial charge on any atom is -0.493 e. The Morgan fingerprint density at radius 3 is 2.63 bits per heavy atom. The Labute approximate surface area is 244 Å². The highest BCUT2D eigenvalue weighted by Crippen LogP contribution is 2.51. The molecule has 1 aliphatic rings.